The molecule has 0 spiro atoms. The molecule has 172 valence electrons. The Balaban J connectivity index is 1.38. The molecule has 1 aliphatic heterocycles. The predicted octanol–water partition coefficient (Wildman–Crippen LogP) is 3.31. The first-order valence-electron chi connectivity index (χ1n) is 11.1. The van der Waals surface area contributed by atoms with Gasteiger partial charge in [0.05, 0.1) is 6.61 Å². The summed E-state index contributed by atoms with van der Waals surface area (Å²) in [7, 11) is 0. The van der Waals surface area contributed by atoms with E-state index in [1.165, 1.54) is 12.1 Å². The first-order chi connectivity index (χ1) is 15.3. The Hall–Kier alpha value is -3.22. The third-order valence-electron chi connectivity index (χ3n) is 5.63. The van der Waals surface area contributed by atoms with E-state index in [9.17, 15) is 14.7 Å². The van der Waals surface area contributed by atoms with Crippen molar-refractivity contribution in [1.29, 1.82) is 0 Å². The van der Waals surface area contributed by atoms with Crippen LogP contribution in [-0.4, -0.2) is 65.6 Å². The van der Waals surface area contributed by atoms with Crippen LogP contribution in [0.3, 0.4) is 0 Å². The lowest BCUT2D eigenvalue weighted by Crippen LogP contribution is -2.53. The van der Waals surface area contributed by atoms with Crippen LogP contribution in [0.15, 0.2) is 42.5 Å². The summed E-state index contributed by atoms with van der Waals surface area (Å²) in [6.07, 6.45) is 0.450. The van der Waals surface area contributed by atoms with Gasteiger partial charge in [-0.3, -0.25) is 9.59 Å². The van der Waals surface area contributed by atoms with Crippen LogP contribution in [0.2, 0.25) is 0 Å². The average molecular weight is 441 g/mol. The van der Waals surface area contributed by atoms with Gasteiger partial charge in [0.25, 0.3) is 5.91 Å². The number of para-hydroxylation sites is 1. The van der Waals surface area contributed by atoms with E-state index in [1.807, 2.05) is 36.9 Å². The number of aromatic hydroxyl groups is 1. The Labute approximate surface area is 189 Å². The Kier molecular flexibility index (Phi) is 7.98. The van der Waals surface area contributed by atoms with Gasteiger partial charge < -0.3 is 24.4 Å². The van der Waals surface area contributed by atoms with Crippen molar-refractivity contribution in [3.63, 3.8) is 0 Å². The van der Waals surface area contributed by atoms with E-state index < -0.39 is 6.10 Å². The fraction of sp³-hybridized carbons (Fsp3) is 0.440. The van der Waals surface area contributed by atoms with Gasteiger partial charge in [0.2, 0.25) is 5.91 Å². The molecule has 1 atom stereocenters. The van der Waals surface area contributed by atoms with Crippen molar-refractivity contribution < 1.29 is 24.2 Å². The van der Waals surface area contributed by atoms with E-state index in [0.717, 1.165) is 16.9 Å². The largest absolute Gasteiger partial charge is 0.508 e. The van der Waals surface area contributed by atoms with E-state index in [-0.39, 0.29) is 17.6 Å². The minimum atomic E-state index is -0.635. The quantitative estimate of drug-likeness (QED) is 0.637. The highest BCUT2D eigenvalue weighted by atomic mass is 16.5. The third kappa shape index (κ3) is 6.15. The second kappa shape index (κ2) is 10.9. The number of nitrogens with zero attached hydrogens (tertiary/aromatic N) is 2. The lowest BCUT2D eigenvalue weighted by molar-refractivity contribution is -0.143. The van der Waals surface area contributed by atoms with E-state index >= 15 is 0 Å². The first-order valence-corrected chi connectivity index (χ1v) is 11.1. The summed E-state index contributed by atoms with van der Waals surface area (Å²) in [4.78, 5) is 28.8. The molecule has 1 fully saturated rings. The summed E-state index contributed by atoms with van der Waals surface area (Å²) in [6, 6.07) is 12.3. The lowest BCUT2D eigenvalue weighted by Gasteiger charge is -2.36. The summed E-state index contributed by atoms with van der Waals surface area (Å²) in [5.74, 6) is 1.56. The molecule has 0 saturated carbocycles. The van der Waals surface area contributed by atoms with Crippen LogP contribution >= 0.6 is 0 Å². The van der Waals surface area contributed by atoms with Crippen molar-refractivity contribution in [2.24, 2.45) is 0 Å². The molecule has 1 heterocycles. The number of ether oxygens (including phenoxy) is 2. The molecule has 0 bridgehead atoms. The molecular weight excluding hydrogens is 408 g/mol. The van der Waals surface area contributed by atoms with Gasteiger partial charge in [0, 0.05) is 32.6 Å². The molecule has 2 aromatic carbocycles. The molecule has 1 saturated heterocycles. The number of carbonyl (C=O) groups is 2. The number of carbonyl (C=O) groups excluding carboxylic acids is 2. The molecule has 1 aliphatic rings. The predicted molar refractivity (Wildman–Crippen MR) is 122 cm³/mol. The van der Waals surface area contributed by atoms with Crippen LogP contribution in [0.4, 0.5) is 0 Å². The van der Waals surface area contributed by atoms with Crippen molar-refractivity contribution in [2.45, 2.75) is 39.7 Å². The normalized spacial score (nSPS) is 14.7. The van der Waals surface area contributed by atoms with E-state index in [2.05, 4.69) is 0 Å². The minimum Gasteiger partial charge on any atom is -0.508 e. The van der Waals surface area contributed by atoms with Gasteiger partial charge >= 0.3 is 0 Å². The SMILES string of the molecule is Cc1cccc(C)c1OCCCC(=O)N1CCN(C(=O)C(C)Oc2ccc(O)cc2)CC1. The van der Waals surface area contributed by atoms with Crippen LogP contribution < -0.4 is 9.47 Å². The Morgan fingerprint density at radius 3 is 2.19 bits per heavy atom. The maximum Gasteiger partial charge on any atom is 0.263 e. The number of hydrogen-bond donors (Lipinski definition) is 1. The van der Waals surface area contributed by atoms with Gasteiger partial charge in [0.15, 0.2) is 6.10 Å². The fourth-order valence-electron chi connectivity index (χ4n) is 3.80. The number of aryl methyl sites for hydroxylation is 2. The van der Waals surface area contributed by atoms with Crippen molar-refractivity contribution in [3.8, 4) is 17.2 Å². The van der Waals surface area contributed by atoms with Crippen molar-refractivity contribution >= 4 is 11.8 Å². The van der Waals surface area contributed by atoms with Gasteiger partial charge in [-0.25, -0.2) is 0 Å². The molecule has 2 amide bonds. The van der Waals surface area contributed by atoms with Gasteiger partial charge in [-0.15, -0.1) is 0 Å². The van der Waals surface area contributed by atoms with Crippen LogP contribution in [0.25, 0.3) is 0 Å². The molecule has 1 N–H and O–H groups in total. The van der Waals surface area contributed by atoms with E-state index in [1.54, 1.807) is 24.0 Å². The smallest absolute Gasteiger partial charge is 0.263 e. The number of piperazine rings is 1. The Bertz CT molecular complexity index is 900. The van der Waals surface area contributed by atoms with Crippen molar-refractivity contribution in [1.82, 2.24) is 9.80 Å². The zero-order chi connectivity index (χ0) is 23.1. The molecule has 7 heteroatoms. The topological polar surface area (TPSA) is 79.3 Å². The fourth-order valence-corrected chi connectivity index (χ4v) is 3.80. The highest BCUT2D eigenvalue weighted by Gasteiger charge is 2.27. The van der Waals surface area contributed by atoms with Crippen LogP contribution in [0.1, 0.15) is 30.9 Å². The number of amides is 2. The average Bonchev–Trinajstić information content (AvgIpc) is 2.79. The maximum atomic E-state index is 12.7. The zero-order valence-corrected chi connectivity index (χ0v) is 19.0. The molecular formula is C25H32N2O5. The molecule has 2 aromatic rings. The first kappa shape index (κ1) is 23.4. The number of phenols is 1. The zero-order valence-electron chi connectivity index (χ0n) is 19.0. The number of benzene rings is 2. The van der Waals surface area contributed by atoms with Gasteiger partial charge in [-0.1, -0.05) is 18.2 Å². The summed E-state index contributed by atoms with van der Waals surface area (Å²) in [6.45, 7) is 8.28. The highest BCUT2D eigenvalue weighted by Crippen LogP contribution is 2.22. The minimum absolute atomic E-state index is 0.0931. The maximum absolute atomic E-state index is 12.7. The molecule has 1 unspecified atom stereocenters. The van der Waals surface area contributed by atoms with Crippen molar-refractivity contribution in [3.05, 3.63) is 53.6 Å². The molecule has 7 nitrogen and oxygen atoms in total. The number of hydrogen-bond acceptors (Lipinski definition) is 5. The Morgan fingerprint density at radius 2 is 1.56 bits per heavy atom. The summed E-state index contributed by atoms with van der Waals surface area (Å²) < 4.78 is 11.6. The van der Waals surface area contributed by atoms with Crippen LogP contribution in [0, 0.1) is 13.8 Å². The summed E-state index contributed by atoms with van der Waals surface area (Å²) in [5.41, 5.74) is 2.20. The monoisotopic (exact) mass is 440 g/mol. The molecule has 0 aliphatic carbocycles. The van der Waals surface area contributed by atoms with Crippen LogP contribution in [-0.2, 0) is 9.59 Å². The van der Waals surface area contributed by atoms with E-state index in [4.69, 9.17) is 9.47 Å². The van der Waals surface area contributed by atoms with Crippen LogP contribution in [0.5, 0.6) is 17.2 Å². The molecule has 0 radical (unpaired) electrons. The second-order valence-electron chi connectivity index (χ2n) is 8.13. The van der Waals surface area contributed by atoms with Gasteiger partial charge in [-0.05, 0) is 62.6 Å². The van der Waals surface area contributed by atoms with Crippen molar-refractivity contribution in [2.75, 3.05) is 32.8 Å². The second-order valence-corrected chi connectivity index (χ2v) is 8.13. The highest BCUT2D eigenvalue weighted by molar-refractivity contribution is 5.81. The molecule has 3 rings (SSSR count). The summed E-state index contributed by atoms with van der Waals surface area (Å²) >= 11 is 0. The third-order valence-corrected chi connectivity index (χ3v) is 5.63. The molecule has 32 heavy (non-hydrogen) atoms. The van der Waals surface area contributed by atoms with E-state index in [0.29, 0.717) is 51.4 Å². The van der Waals surface area contributed by atoms with Gasteiger partial charge in [-0.2, -0.15) is 0 Å². The Morgan fingerprint density at radius 1 is 0.969 bits per heavy atom. The standard InChI is InChI=1S/C25H32N2O5/c1-18-6-4-7-19(2)24(18)31-17-5-8-23(29)26-13-15-27(16-14-26)25(30)20(3)32-22-11-9-21(28)10-12-22/h4,6-7,9-12,20,28H,5,8,13-17H2,1-3H3. The number of phenolic OH excluding ortho intramolecular Hbond substituents is 1. The summed E-state index contributed by atoms with van der Waals surface area (Å²) in [5, 5.41) is 9.35. The number of rotatable bonds is 8. The van der Waals surface area contributed by atoms with Gasteiger partial charge in [0.1, 0.15) is 17.2 Å². The lowest BCUT2D eigenvalue weighted by atomic mass is 10.1. The molecule has 0 aromatic heterocycles.